The molecule has 0 fully saturated rings. The molecule has 0 radical (unpaired) electrons. The molecular weight excluding hydrogens is 556 g/mol. The molecule has 6 rings (SSSR count). The van der Waals surface area contributed by atoms with Crippen LogP contribution in [0.1, 0.15) is 52.7 Å². The van der Waals surface area contributed by atoms with Gasteiger partial charge in [-0.15, -0.1) is 0 Å². The quantitative estimate of drug-likeness (QED) is 0.214. The highest BCUT2D eigenvalue weighted by Gasteiger charge is 2.28. The SMILES string of the molecule is CC(C(=O)O)c1ccc(N2Cc3ccccc3C2=O)cc1.CC(C(=O)O)c1ccc2oc(-c3ccc(Cl)cc3)nc2c1. The zero-order valence-corrected chi connectivity index (χ0v) is 23.6. The summed E-state index contributed by atoms with van der Waals surface area (Å²) < 4.78 is 5.69. The minimum absolute atomic E-state index is 0.00960. The topological polar surface area (TPSA) is 121 Å². The van der Waals surface area contributed by atoms with Gasteiger partial charge in [0.1, 0.15) is 5.52 Å². The number of aromatic nitrogens is 1. The van der Waals surface area contributed by atoms with Crippen LogP contribution in [0.2, 0.25) is 5.02 Å². The largest absolute Gasteiger partial charge is 0.481 e. The Bertz CT molecular complexity index is 1780. The molecule has 8 nitrogen and oxygen atoms in total. The highest BCUT2D eigenvalue weighted by atomic mass is 35.5. The summed E-state index contributed by atoms with van der Waals surface area (Å²) in [5.74, 6) is -2.37. The number of carboxylic acid groups (broad SMARTS) is 2. The van der Waals surface area contributed by atoms with E-state index in [9.17, 15) is 14.4 Å². The second kappa shape index (κ2) is 11.9. The molecule has 1 amide bonds. The maximum atomic E-state index is 12.4. The summed E-state index contributed by atoms with van der Waals surface area (Å²) in [5, 5.41) is 18.7. The lowest BCUT2D eigenvalue weighted by atomic mass is 10.0. The first kappa shape index (κ1) is 28.6. The van der Waals surface area contributed by atoms with Crippen molar-refractivity contribution in [2.75, 3.05) is 4.90 Å². The number of oxazole rings is 1. The minimum Gasteiger partial charge on any atom is -0.481 e. The van der Waals surface area contributed by atoms with Crippen LogP contribution in [0.4, 0.5) is 5.69 Å². The fourth-order valence-corrected chi connectivity index (χ4v) is 4.75. The van der Waals surface area contributed by atoms with E-state index in [1.165, 1.54) is 0 Å². The van der Waals surface area contributed by atoms with Gasteiger partial charge in [0.15, 0.2) is 5.58 Å². The van der Waals surface area contributed by atoms with Crippen LogP contribution in [-0.4, -0.2) is 33.0 Å². The summed E-state index contributed by atoms with van der Waals surface area (Å²) >= 11 is 5.86. The van der Waals surface area contributed by atoms with Gasteiger partial charge in [0.25, 0.3) is 5.91 Å². The number of anilines is 1. The Morgan fingerprint density at radius 1 is 0.857 bits per heavy atom. The molecule has 2 heterocycles. The predicted octanol–water partition coefficient (Wildman–Crippen LogP) is 7.37. The van der Waals surface area contributed by atoms with Crippen molar-refractivity contribution < 1.29 is 29.0 Å². The first-order valence-electron chi connectivity index (χ1n) is 13.2. The highest BCUT2D eigenvalue weighted by molar-refractivity contribution is 6.30. The Morgan fingerprint density at radius 2 is 1.48 bits per heavy atom. The van der Waals surface area contributed by atoms with Crippen molar-refractivity contribution in [2.24, 2.45) is 0 Å². The van der Waals surface area contributed by atoms with Crippen LogP contribution < -0.4 is 4.90 Å². The Balaban J connectivity index is 0.000000168. The average Bonchev–Trinajstić information content (AvgIpc) is 3.58. The van der Waals surface area contributed by atoms with Gasteiger partial charge < -0.3 is 19.5 Å². The summed E-state index contributed by atoms with van der Waals surface area (Å²) in [6, 6.07) is 27.1. The molecule has 1 aromatic heterocycles. The molecule has 0 bridgehead atoms. The monoisotopic (exact) mass is 582 g/mol. The third kappa shape index (κ3) is 5.89. The minimum atomic E-state index is -0.865. The number of amides is 1. The standard InChI is InChI=1S/C17H15NO3.C16H12ClNO3/c1-11(17(20)21)12-6-8-14(9-7-12)18-10-13-4-2-3-5-15(13)16(18)19;1-9(16(19)20)11-4-7-14-13(8-11)18-15(21-14)10-2-5-12(17)6-3-10/h2-9,11H,10H2,1H3,(H,20,21);2-9H,1H3,(H,19,20). The number of nitrogens with zero attached hydrogens (tertiary/aromatic N) is 2. The first-order chi connectivity index (χ1) is 20.1. The number of carboxylic acids is 2. The lowest BCUT2D eigenvalue weighted by Gasteiger charge is -2.16. The number of fused-ring (bicyclic) bond motifs is 2. The van der Waals surface area contributed by atoms with Gasteiger partial charge in [-0.2, -0.15) is 0 Å². The van der Waals surface area contributed by atoms with Crippen molar-refractivity contribution in [3.63, 3.8) is 0 Å². The number of halogens is 1. The van der Waals surface area contributed by atoms with Crippen molar-refractivity contribution in [1.82, 2.24) is 4.98 Å². The van der Waals surface area contributed by atoms with Crippen LogP contribution >= 0.6 is 11.6 Å². The summed E-state index contributed by atoms with van der Waals surface area (Å²) in [6.45, 7) is 3.85. The molecule has 9 heteroatoms. The number of benzene rings is 4. The molecule has 5 aromatic rings. The molecular formula is C33H27ClN2O6. The summed E-state index contributed by atoms with van der Waals surface area (Å²) in [6.07, 6.45) is 0. The number of rotatable bonds is 6. The lowest BCUT2D eigenvalue weighted by Crippen LogP contribution is -2.23. The molecule has 0 spiro atoms. The molecule has 0 saturated heterocycles. The molecule has 212 valence electrons. The lowest BCUT2D eigenvalue weighted by molar-refractivity contribution is -0.139. The van der Waals surface area contributed by atoms with E-state index in [0.717, 1.165) is 27.9 Å². The van der Waals surface area contributed by atoms with E-state index in [-0.39, 0.29) is 5.91 Å². The van der Waals surface area contributed by atoms with Gasteiger partial charge in [0.2, 0.25) is 5.89 Å². The second-order valence-electron chi connectivity index (χ2n) is 10.0. The molecule has 1 aliphatic rings. The molecule has 2 unspecified atom stereocenters. The molecule has 1 aliphatic heterocycles. The number of hydrogen-bond donors (Lipinski definition) is 2. The zero-order chi connectivity index (χ0) is 30.0. The maximum absolute atomic E-state index is 12.4. The molecule has 4 aromatic carbocycles. The first-order valence-corrected chi connectivity index (χ1v) is 13.6. The van der Waals surface area contributed by atoms with Gasteiger partial charge in [0.05, 0.1) is 18.4 Å². The molecule has 2 N–H and O–H groups in total. The Kier molecular flexibility index (Phi) is 8.08. The van der Waals surface area contributed by atoms with Crippen molar-refractivity contribution in [3.05, 3.63) is 118 Å². The predicted molar refractivity (Wildman–Crippen MR) is 160 cm³/mol. The fraction of sp³-hybridized carbons (Fsp3) is 0.152. The van der Waals surface area contributed by atoms with Gasteiger partial charge in [-0.1, -0.05) is 48.0 Å². The van der Waals surface area contributed by atoms with E-state index in [4.69, 9.17) is 26.2 Å². The van der Waals surface area contributed by atoms with Gasteiger partial charge in [0, 0.05) is 21.8 Å². The van der Waals surface area contributed by atoms with Crippen LogP contribution in [0.15, 0.2) is 95.4 Å². The Hall–Kier alpha value is -4.95. The molecule has 42 heavy (non-hydrogen) atoms. The van der Waals surface area contributed by atoms with Crippen molar-refractivity contribution >= 4 is 46.2 Å². The number of carbonyl (C=O) groups is 3. The van der Waals surface area contributed by atoms with E-state index < -0.39 is 23.8 Å². The maximum Gasteiger partial charge on any atom is 0.310 e. The van der Waals surface area contributed by atoms with Gasteiger partial charge >= 0.3 is 11.9 Å². The summed E-state index contributed by atoms with van der Waals surface area (Å²) in [5.41, 5.74) is 6.07. The smallest absolute Gasteiger partial charge is 0.310 e. The van der Waals surface area contributed by atoms with Gasteiger partial charge in [-0.25, -0.2) is 4.98 Å². The zero-order valence-electron chi connectivity index (χ0n) is 22.8. The van der Waals surface area contributed by atoms with Gasteiger partial charge in [-0.05, 0) is 85.1 Å². The van der Waals surface area contributed by atoms with Crippen molar-refractivity contribution in [3.8, 4) is 11.5 Å². The van der Waals surface area contributed by atoms with Crippen molar-refractivity contribution in [2.45, 2.75) is 32.2 Å². The third-order valence-corrected chi connectivity index (χ3v) is 7.52. The van der Waals surface area contributed by atoms with Crippen LogP contribution in [0.3, 0.4) is 0 Å². The van der Waals surface area contributed by atoms with Crippen LogP contribution in [-0.2, 0) is 16.1 Å². The van der Waals surface area contributed by atoms with E-state index >= 15 is 0 Å². The average molecular weight is 583 g/mol. The van der Waals surface area contributed by atoms with E-state index in [1.54, 1.807) is 73.3 Å². The Morgan fingerprint density at radius 3 is 2.12 bits per heavy atom. The number of aliphatic carboxylic acids is 2. The fourth-order valence-electron chi connectivity index (χ4n) is 4.62. The normalized spacial score (nSPS) is 13.7. The molecule has 0 aliphatic carbocycles. The van der Waals surface area contributed by atoms with Crippen LogP contribution in [0.5, 0.6) is 0 Å². The van der Waals surface area contributed by atoms with Crippen LogP contribution in [0.25, 0.3) is 22.6 Å². The number of hydrogen-bond acceptors (Lipinski definition) is 5. The molecule has 0 saturated carbocycles. The van der Waals surface area contributed by atoms with Crippen molar-refractivity contribution in [1.29, 1.82) is 0 Å². The Labute approximate surface area is 246 Å². The van der Waals surface area contributed by atoms with E-state index in [0.29, 0.717) is 34.1 Å². The third-order valence-electron chi connectivity index (χ3n) is 7.27. The summed E-state index contributed by atoms with van der Waals surface area (Å²) in [7, 11) is 0. The van der Waals surface area contributed by atoms with Gasteiger partial charge in [-0.3, -0.25) is 14.4 Å². The summed E-state index contributed by atoms with van der Waals surface area (Å²) in [4.78, 5) is 40.5. The highest BCUT2D eigenvalue weighted by Crippen LogP contribution is 2.30. The van der Waals surface area contributed by atoms with Crippen LogP contribution in [0, 0.1) is 0 Å². The second-order valence-corrected chi connectivity index (χ2v) is 10.4. The number of carbonyl (C=O) groups excluding carboxylic acids is 1. The van der Waals surface area contributed by atoms with E-state index in [1.807, 2.05) is 36.4 Å². The molecule has 2 atom stereocenters. The van der Waals surface area contributed by atoms with E-state index in [2.05, 4.69) is 4.98 Å².